The molecule has 19 heavy (non-hydrogen) atoms. The molecule has 0 bridgehead atoms. The van der Waals surface area contributed by atoms with Gasteiger partial charge in [0.25, 0.3) is 0 Å². The number of ether oxygens (including phenoxy) is 1. The van der Waals surface area contributed by atoms with Crippen LogP contribution in [0.2, 0.25) is 0 Å². The molecule has 1 rings (SSSR count). The molecular formula is C12H21N3O3S. The summed E-state index contributed by atoms with van der Waals surface area (Å²) in [7, 11) is 0. The lowest BCUT2D eigenvalue weighted by atomic mass is 10.1. The molecule has 1 aromatic heterocycles. The van der Waals surface area contributed by atoms with Crippen LogP contribution in [0.5, 0.6) is 0 Å². The van der Waals surface area contributed by atoms with E-state index < -0.39 is 17.2 Å². The minimum absolute atomic E-state index is 0.433. The fourth-order valence-electron chi connectivity index (χ4n) is 1.31. The van der Waals surface area contributed by atoms with Gasteiger partial charge in [-0.2, -0.15) is 16.7 Å². The fraction of sp³-hybridized carbons (Fsp3) is 0.750. The van der Waals surface area contributed by atoms with Gasteiger partial charge >= 0.3 is 6.09 Å². The van der Waals surface area contributed by atoms with Gasteiger partial charge in [-0.25, -0.2) is 4.79 Å². The van der Waals surface area contributed by atoms with E-state index >= 15 is 0 Å². The summed E-state index contributed by atoms with van der Waals surface area (Å²) >= 11 is 1.59. The second-order valence-corrected chi connectivity index (χ2v) is 6.56. The minimum Gasteiger partial charge on any atom is -0.444 e. The van der Waals surface area contributed by atoms with Crippen molar-refractivity contribution in [3.05, 3.63) is 11.7 Å². The van der Waals surface area contributed by atoms with Gasteiger partial charge in [0.2, 0.25) is 5.89 Å². The van der Waals surface area contributed by atoms with Crippen molar-refractivity contribution in [1.82, 2.24) is 15.5 Å². The summed E-state index contributed by atoms with van der Waals surface area (Å²) in [5, 5.41) is 6.62. The highest BCUT2D eigenvalue weighted by molar-refractivity contribution is 7.97. The number of rotatable bonds is 4. The summed E-state index contributed by atoms with van der Waals surface area (Å²) in [6.07, 6.45) is 1.45. The molecule has 0 atom stereocenters. The maximum atomic E-state index is 11.8. The third-order valence-corrected chi connectivity index (χ3v) is 2.64. The smallest absolute Gasteiger partial charge is 0.408 e. The van der Waals surface area contributed by atoms with Crippen LogP contribution in [0.15, 0.2) is 4.52 Å². The number of nitrogens with zero attached hydrogens (tertiary/aromatic N) is 2. The van der Waals surface area contributed by atoms with Gasteiger partial charge in [0, 0.05) is 0 Å². The van der Waals surface area contributed by atoms with E-state index in [1.165, 1.54) is 0 Å². The van der Waals surface area contributed by atoms with Crippen LogP contribution in [0, 0.1) is 0 Å². The van der Waals surface area contributed by atoms with Crippen LogP contribution in [-0.2, 0) is 16.0 Å². The number of thioether (sulfide) groups is 1. The average Bonchev–Trinajstić information content (AvgIpc) is 2.63. The van der Waals surface area contributed by atoms with Gasteiger partial charge in [-0.1, -0.05) is 5.16 Å². The van der Waals surface area contributed by atoms with Gasteiger partial charge in [-0.3, -0.25) is 0 Å². The highest BCUT2D eigenvalue weighted by atomic mass is 32.2. The molecule has 0 aliphatic carbocycles. The van der Waals surface area contributed by atoms with E-state index in [-0.39, 0.29) is 0 Å². The van der Waals surface area contributed by atoms with Crippen LogP contribution < -0.4 is 5.32 Å². The van der Waals surface area contributed by atoms with Gasteiger partial charge in [0.05, 0.1) is 5.75 Å². The SMILES string of the molecule is CSCc1nc(C(C)(C)NC(=O)OC(C)(C)C)no1. The number of amides is 1. The van der Waals surface area contributed by atoms with E-state index in [1.807, 2.05) is 27.0 Å². The number of hydrogen-bond acceptors (Lipinski definition) is 6. The summed E-state index contributed by atoms with van der Waals surface area (Å²) in [5.74, 6) is 1.62. The minimum atomic E-state index is -0.748. The zero-order valence-corrected chi connectivity index (χ0v) is 13.1. The Labute approximate surface area is 117 Å². The predicted octanol–water partition coefficient (Wildman–Crippen LogP) is 2.69. The molecule has 0 aromatic carbocycles. The van der Waals surface area contributed by atoms with Crippen molar-refractivity contribution < 1.29 is 14.1 Å². The lowest BCUT2D eigenvalue weighted by Crippen LogP contribution is -2.44. The number of carbonyl (C=O) groups is 1. The fourth-order valence-corrected chi connectivity index (χ4v) is 1.67. The van der Waals surface area contributed by atoms with Crippen LogP contribution in [0.4, 0.5) is 4.79 Å². The molecule has 0 fully saturated rings. The van der Waals surface area contributed by atoms with Gasteiger partial charge in [0.1, 0.15) is 11.1 Å². The molecule has 1 heterocycles. The molecule has 108 valence electrons. The van der Waals surface area contributed by atoms with Crippen LogP contribution >= 0.6 is 11.8 Å². The number of nitrogens with one attached hydrogen (secondary N) is 1. The van der Waals surface area contributed by atoms with E-state index in [0.29, 0.717) is 17.5 Å². The number of carbonyl (C=O) groups excluding carboxylic acids is 1. The quantitative estimate of drug-likeness (QED) is 0.917. The summed E-state index contributed by atoms with van der Waals surface area (Å²) < 4.78 is 10.3. The topological polar surface area (TPSA) is 77.2 Å². The monoisotopic (exact) mass is 287 g/mol. The molecule has 0 saturated carbocycles. The summed E-state index contributed by atoms with van der Waals surface area (Å²) in [6.45, 7) is 9.02. The molecule has 1 aromatic rings. The van der Waals surface area contributed by atoms with Crippen molar-refractivity contribution in [2.24, 2.45) is 0 Å². The van der Waals surface area contributed by atoms with Crippen molar-refractivity contribution in [2.75, 3.05) is 6.26 Å². The molecule has 0 radical (unpaired) electrons. The molecule has 0 aliphatic heterocycles. The molecule has 0 saturated heterocycles. The van der Waals surface area contributed by atoms with Gasteiger partial charge in [-0.15, -0.1) is 0 Å². The molecule has 0 aliphatic rings. The van der Waals surface area contributed by atoms with Gasteiger partial charge in [0.15, 0.2) is 5.82 Å². The highest BCUT2D eigenvalue weighted by Gasteiger charge is 2.30. The maximum absolute atomic E-state index is 11.8. The Morgan fingerprint density at radius 2 is 2.00 bits per heavy atom. The molecule has 1 amide bonds. The lowest BCUT2D eigenvalue weighted by molar-refractivity contribution is 0.0465. The van der Waals surface area contributed by atoms with Crippen molar-refractivity contribution in [3.8, 4) is 0 Å². The van der Waals surface area contributed by atoms with E-state index in [2.05, 4.69) is 15.5 Å². The zero-order valence-electron chi connectivity index (χ0n) is 12.2. The molecule has 0 spiro atoms. The van der Waals surface area contributed by atoms with Crippen molar-refractivity contribution in [1.29, 1.82) is 0 Å². The lowest BCUT2D eigenvalue weighted by Gasteiger charge is -2.26. The number of aromatic nitrogens is 2. The van der Waals surface area contributed by atoms with E-state index in [1.54, 1.807) is 25.6 Å². The third kappa shape index (κ3) is 5.10. The Morgan fingerprint density at radius 1 is 1.37 bits per heavy atom. The van der Waals surface area contributed by atoms with Crippen molar-refractivity contribution in [3.63, 3.8) is 0 Å². The Kier molecular flexibility index (Phi) is 4.84. The Bertz CT molecular complexity index is 438. The average molecular weight is 287 g/mol. The second-order valence-electron chi connectivity index (χ2n) is 5.70. The molecule has 1 N–H and O–H groups in total. The van der Waals surface area contributed by atoms with E-state index in [9.17, 15) is 4.79 Å². The number of alkyl carbamates (subject to hydrolysis) is 1. The van der Waals surface area contributed by atoms with Crippen LogP contribution in [0.25, 0.3) is 0 Å². The second kappa shape index (κ2) is 5.81. The maximum Gasteiger partial charge on any atom is 0.408 e. The summed E-state index contributed by atoms with van der Waals surface area (Å²) in [4.78, 5) is 16.0. The molecular weight excluding hydrogens is 266 g/mol. The Balaban J connectivity index is 2.71. The molecule has 7 heteroatoms. The van der Waals surface area contributed by atoms with Crippen LogP contribution in [-0.4, -0.2) is 28.1 Å². The van der Waals surface area contributed by atoms with Crippen LogP contribution in [0.3, 0.4) is 0 Å². The third-order valence-electron chi connectivity index (χ3n) is 2.11. The molecule has 0 unspecified atom stereocenters. The first-order valence-electron chi connectivity index (χ1n) is 5.97. The Hall–Kier alpha value is -1.24. The summed E-state index contributed by atoms with van der Waals surface area (Å²) in [6, 6.07) is 0. The van der Waals surface area contributed by atoms with Gasteiger partial charge in [-0.05, 0) is 40.9 Å². The normalized spacial score (nSPS) is 12.3. The zero-order chi connectivity index (χ0) is 14.7. The van der Waals surface area contributed by atoms with Crippen molar-refractivity contribution >= 4 is 17.9 Å². The first-order valence-corrected chi connectivity index (χ1v) is 7.36. The molecule has 6 nitrogen and oxygen atoms in total. The highest BCUT2D eigenvalue weighted by Crippen LogP contribution is 2.19. The first-order chi connectivity index (χ1) is 8.64. The van der Waals surface area contributed by atoms with E-state index in [4.69, 9.17) is 9.26 Å². The largest absolute Gasteiger partial charge is 0.444 e. The standard InChI is InChI=1S/C12H21N3O3S/c1-11(2,3)17-10(16)14-12(4,5)9-13-8(7-19-6)18-15-9/h7H2,1-6H3,(H,14,16). The Morgan fingerprint density at radius 3 is 2.53 bits per heavy atom. The van der Waals surface area contributed by atoms with Crippen LogP contribution in [0.1, 0.15) is 46.3 Å². The van der Waals surface area contributed by atoms with Crippen molar-refractivity contribution in [2.45, 2.75) is 51.5 Å². The summed E-state index contributed by atoms with van der Waals surface area (Å²) in [5.41, 5.74) is -1.29. The first kappa shape index (κ1) is 15.8. The predicted molar refractivity (Wildman–Crippen MR) is 73.9 cm³/mol. The number of hydrogen-bond donors (Lipinski definition) is 1. The van der Waals surface area contributed by atoms with Gasteiger partial charge < -0.3 is 14.6 Å². The van der Waals surface area contributed by atoms with E-state index in [0.717, 1.165) is 0 Å².